The molecule has 1 unspecified atom stereocenters. The Hall–Kier alpha value is -1.08. The molecule has 1 atom stereocenters. The SMILES string of the molecule is CN(C)CCS(=O)c1ccc(C(F)(F)F)cc1N. The zero-order valence-electron chi connectivity index (χ0n) is 10.1. The standard InChI is InChI=1S/C11H15F3N2OS/c1-16(2)5-6-18(17)10-4-3-8(7-9(10)15)11(12,13)14/h3-4,7H,5-6,15H2,1-2H3. The average Bonchev–Trinajstić information content (AvgIpc) is 2.24. The lowest BCUT2D eigenvalue weighted by molar-refractivity contribution is -0.137. The van der Waals surface area contributed by atoms with Crippen LogP contribution in [0, 0.1) is 0 Å². The molecule has 0 aliphatic rings. The molecule has 2 N–H and O–H groups in total. The summed E-state index contributed by atoms with van der Waals surface area (Å²) in [5.74, 6) is 0.336. The van der Waals surface area contributed by atoms with E-state index in [-0.39, 0.29) is 10.6 Å². The summed E-state index contributed by atoms with van der Waals surface area (Å²) in [7, 11) is 2.27. The van der Waals surface area contributed by atoms with E-state index in [1.807, 2.05) is 19.0 Å². The molecule has 0 amide bonds. The van der Waals surface area contributed by atoms with E-state index < -0.39 is 22.5 Å². The van der Waals surface area contributed by atoms with Gasteiger partial charge in [-0.3, -0.25) is 4.21 Å². The Labute approximate surface area is 106 Å². The third kappa shape index (κ3) is 3.99. The highest BCUT2D eigenvalue weighted by Gasteiger charge is 2.31. The van der Waals surface area contributed by atoms with E-state index in [0.29, 0.717) is 12.3 Å². The second-order valence-corrected chi connectivity index (χ2v) is 5.64. The summed E-state index contributed by atoms with van der Waals surface area (Å²) < 4.78 is 49.1. The maximum Gasteiger partial charge on any atom is 0.416 e. The van der Waals surface area contributed by atoms with Crippen LogP contribution in [0.4, 0.5) is 18.9 Å². The minimum atomic E-state index is -4.43. The maximum absolute atomic E-state index is 12.4. The minimum Gasteiger partial charge on any atom is -0.398 e. The van der Waals surface area contributed by atoms with Gasteiger partial charge in [0.25, 0.3) is 0 Å². The smallest absolute Gasteiger partial charge is 0.398 e. The molecule has 18 heavy (non-hydrogen) atoms. The van der Waals surface area contributed by atoms with Gasteiger partial charge in [-0.15, -0.1) is 0 Å². The molecule has 7 heteroatoms. The highest BCUT2D eigenvalue weighted by atomic mass is 32.2. The first-order chi connectivity index (χ1) is 8.21. The number of alkyl halides is 3. The molecule has 0 bridgehead atoms. The van der Waals surface area contributed by atoms with Crippen LogP contribution in [0.5, 0.6) is 0 Å². The Morgan fingerprint density at radius 2 is 1.94 bits per heavy atom. The molecule has 0 aromatic heterocycles. The van der Waals surface area contributed by atoms with Gasteiger partial charge >= 0.3 is 6.18 Å². The first-order valence-electron chi connectivity index (χ1n) is 5.21. The van der Waals surface area contributed by atoms with Crippen molar-refractivity contribution in [2.45, 2.75) is 11.1 Å². The molecule has 0 saturated heterocycles. The number of halogens is 3. The van der Waals surface area contributed by atoms with Crippen LogP contribution in [0.1, 0.15) is 5.56 Å². The van der Waals surface area contributed by atoms with Crippen molar-refractivity contribution >= 4 is 16.5 Å². The van der Waals surface area contributed by atoms with Crippen LogP contribution in [0.3, 0.4) is 0 Å². The van der Waals surface area contributed by atoms with Crippen molar-refractivity contribution in [1.29, 1.82) is 0 Å². The molecular weight excluding hydrogens is 265 g/mol. The van der Waals surface area contributed by atoms with Crippen molar-refractivity contribution in [3.8, 4) is 0 Å². The van der Waals surface area contributed by atoms with Gasteiger partial charge in [0.1, 0.15) is 0 Å². The summed E-state index contributed by atoms with van der Waals surface area (Å²) in [6.07, 6.45) is -4.43. The van der Waals surface area contributed by atoms with Crippen LogP contribution in [-0.4, -0.2) is 35.5 Å². The summed E-state index contributed by atoms with van der Waals surface area (Å²) >= 11 is 0. The number of anilines is 1. The fourth-order valence-electron chi connectivity index (χ4n) is 1.31. The Morgan fingerprint density at radius 1 is 1.33 bits per heavy atom. The number of hydrogen-bond donors (Lipinski definition) is 1. The molecule has 1 aromatic carbocycles. The number of hydrogen-bond acceptors (Lipinski definition) is 3. The fourth-order valence-corrected chi connectivity index (χ4v) is 2.60. The average molecular weight is 280 g/mol. The van der Waals surface area contributed by atoms with Gasteiger partial charge in [0.2, 0.25) is 0 Å². The third-order valence-electron chi connectivity index (χ3n) is 2.31. The van der Waals surface area contributed by atoms with Crippen molar-refractivity contribution in [3.63, 3.8) is 0 Å². The van der Waals surface area contributed by atoms with E-state index in [1.165, 1.54) is 6.07 Å². The number of benzene rings is 1. The summed E-state index contributed by atoms with van der Waals surface area (Å²) in [5, 5.41) is 0. The van der Waals surface area contributed by atoms with Gasteiger partial charge in [-0.1, -0.05) is 0 Å². The molecule has 1 aromatic rings. The quantitative estimate of drug-likeness (QED) is 0.858. The number of nitrogen functional groups attached to an aromatic ring is 1. The molecule has 3 nitrogen and oxygen atoms in total. The molecule has 102 valence electrons. The number of nitrogens with two attached hydrogens (primary N) is 1. The Morgan fingerprint density at radius 3 is 2.39 bits per heavy atom. The molecule has 0 aliphatic heterocycles. The van der Waals surface area contributed by atoms with E-state index >= 15 is 0 Å². The molecule has 0 heterocycles. The summed E-state index contributed by atoms with van der Waals surface area (Å²) in [4.78, 5) is 2.10. The third-order valence-corrected chi connectivity index (χ3v) is 3.72. The van der Waals surface area contributed by atoms with Crippen molar-refractivity contribution in [3.05, 3.63) is 23.8 Å². The summed E-state index contributed by atoms with van der Waals surface area (Å²) in [6.45, 7) is 0.576. The number of nitrogens with zero attached hydrogens (tertiary/aromatic N) is 1. The van der Waals surface area contributed by atoms with Crippen molar-refractivity contribution < 1.29 is 17.4 Å². The predicted molar refractivity (Wildman–Crippen MR) is 65.7 cm³/mol. The van der Waals surface area contributed by atoms with E-state index in [1.54, 1.807) is 0 Å². The van der Waals surface area contributed by atoms with Crippen LogP contribution in [0.2, 0.25) is 0 Å². The van der Waals surface area contributed by atoms with Crippen LogP contribution >= 0.6 is 0 Å². The Balaban J connectivity index is 2.89. The molecule has 0 radical (unpaired) electrons. The van der Waals surface area contributed by atoms with Crippen molar-refractivity contribution in [2.75, 3.05) is 32.1 Å². The van der Waals surface area contributed by atoms with Gasteiger partial charge in [0, 0.05) is 18.0 Å². The lowest BCUT2D eigenvalue weighted by Crippen LogP contribution is -2.19. The van der Waals surface area contributed by atoms with Crippen LogP contribution in [0.25, 0.3) is 0 Å². The van der Waals surface area contributed by atoms with Gasteiger partial charge in [-0.25, -0.2) is 0 Å². The van der Waals surface area contributed by atoms with Gasteiger partial charge < -0.3 is 10.6 Å². The second-order valence-electron chi connectivity index (χ2n) is 4.10. The predicted octanol–water partition coefficient (Wildman–Crippen LogP) is 1.96. The van der Waals surface area contributed by atoms with Crippen LogP contribution in [0.15, 0.2) is 23.1 Å². The minimum absolute atomic E-state index is 0.0816. The highest BCUT2D eigenvalue weighted by molar-refractivity contribution is 7.85. The molecule has 0 saturated carbocycles. The van der Waals surface area contributed by atoms with Crippen LogP contribution in [-0.2, 0) is 17.0 Å². The number of rotatable bonds is 4. The first kappa shape index (κ1) is 15.0. The fraction of sp³-hybridized carbons (Fsp3) is 0.455. The van der Waals surface area contributed by atoms with Gasteiger partial charge in [-0.05, 0) is 32.3 Å². The lowest BCUT2D eigenvalue weighted by Gasteiger charge is -2.12. The van der Waals surface area contributed by atoms with Crippen molar-refractivity contribution in [1.82, 2.24) is 4.90 Å². The van der Waals surface area contributed by atoms with Crippen LogP contribution < -0.4 is 5.73 Å². The van der Waals surface area contributed by atoms with Gasteiger partial charge in [0.05, 0.1) is 21.3 Å². The molecule has 0 fully saturated rings. The normalized spacial score (nSPS) is 13.9. The van der Waals surface area contributed by atoms with E-state index in [2.05, 4.69) is 0 Å². The zero-order chi connectivity index (χ0) is 13.9. The van der Waals surface area contributed by atoms with E-state index in [4.69, 9.17) is 5.73 Å². The Bertz CT molecular complexity index is 446. The first-order valence-corrected chi connectivity index (χ1v) is 6.53. The van der Waals surface area contributed by atoms with Gasteiger partial charge in [0.15, 0.2) is 0 Å². The molecule has 0 spiro atoms. The maximum atomic E-state index is 12.4. The monoisotopic (exact) mass is 280 g/mol. The second kappa shape index (κ2) is 5.71. The van der Waals surface area contributed by atoms with E-state index in [0.717, 1.165) is 12.1 Å². The highest BCUT2D eigenvalue weighted by Crippen LogP contribution is 2.32. The zero-order valence-corrected chi connectivity index (χ0v) is 10.9. The molecule has 0 aliphatic carbocycles. The van der Waals surface area contributed by atoms with Gasteiger partial charge in [-0.2, -0.15) is 13.2 Å². The van der Waals surface area contributed by atoms with E-state index in [9.17, 15) is 17.4 Å². The Kier molecular flexibility index (Phi) is 4.75. The topological polar surface area (TPSA) is 46.3 Å². The lowest BCUT2D eigenvalue weighted by atomic mass is 10.2. The summed E-state index contributed by atoms with van der Waals surface area (Å²) in [6, 6.07) is 2.91. The molecule has 1 rings (SSSR count). The molecular formula is C11H15F3N2OS. The largest absolute Gasteiger partial charge is 0.416 e. The van der Waals surface area contributed by atoms with Crippen molar-refractivity contribution in [2.24, 2.45) is 0 Å². The summed E-state index contributed by atoms with van der Waals surface area (Å²) in [5.41, 5.74) is 4.61.